The van der Waals surface area contributed by atoms with E-state index in [1.807, 2.05) is 0 Å². The smallest absolute Gasteiger partial charge is 0.312 e. The van der Waals surface area contributed by atoms with Crippen LogP contribution >= 0.6 is 0 Å². The van der Waals surface area contributed by atoms with Gasteiger partial charge in [0.25, 0.3) is 0 Å². The van der Waals surface area contributed by atoms with E-state index in [1.54, 1.807) is 26.0 Å². The predicted octanol–water partition coefficient (Wildman–Crippen LogP) is -0.315. The standard InChI is InChI=1S/C29H43N7O10S/c1-18(2)26(27(40)35-22(19(3)37)6-5-9-31-29(30)41)36-25(39)16-46-13-11-44-10-12-45-15-24(38)34-20-7-8-23-21(14-20)28(33-17-32-23)47(4,42)43/h7-8,14,17-18,22,26H,5-6,9-13,15-16H2,1-4H3,(H,34,38)(H,35,40)(H,36,39)(H3,30,31,41)/t22-,26-/m0/s1. The monoisotopic (exact) mass is 681 g/mol. The normalized spacial score (nSPS) is 12.7. The summed E-state index contributed by atoms with van der Waals surface area (Å²) >= 11 is 0. The van der Waals surface area contributed by atoms with Crippen LogP contribution in [0.4, 0.5) is 10.5 Å². The molecule has 47 heavy (non-hydrogen) atoms. The Morgan fingerprint density at radius 2 is 1.55 bits per heavy atom. The minimum atomic E-state index is -3.60. The first-order valence-corrected chi connectivity index (χ1v) is 16.7. The van der Waals surface area contributed by atoms with Crippen molar-refractivity contribution in [2.24, 2.45) is 11.7 Å². The molecule has 260 valence electrons. The first kappa shape index (κ1) is 38.9. The van der Waals surface area contributed by atoms with E-state index in [4.69, 9.17) is 19.9 Å². The summed E-state index contributed by atoms with van der Waals surface area (Å²) in [4.78, 5) is 68.1. The van der Waals surface area contributed by atoms with Crippen molar-refractivity contribution in [2.75, 3.05) is 57.8 Å². The van der Waals surface area contributed by atoms with Gasteiger partial charge in [-0.1, -0.05) is 13.8 Å². The number of hydrogen-bond donors (Lipinski definition) is 5. The second-order valence-corrected chi connectivity index (χ2v) is 12.8. The molecule has 17 nitrogen and oxygen atoms in total. The van der Waals surface area contributed by atoms with Crippen LogP contribution in [-0.4, -0.2) is 112 Å². The molecular formula is C29H43N7O10S. The van der Waals surface area contributed by atoms with Crippen LogP contribution in [0.15, 0.2) is 29.6 Å². The van der Waals surface area contributed by atoms with Gasteiger partial charge >= 0.3 is 6.03 Å². The minimum Gasteiger partial charge on any atom is -0.377 e. The summed E-state index contributed by atoms with van der Waals surface area (Å²) in [6.07, 6.45) is 2.91. The summed E-state index contributed by atoms with van der Waals surface area (Å²) < 4.78 is 40.0. The Hall–Kier alpha value is -4.26. The molecular weight excluding hydrogens is 638 g/mol. The molecule has 1 heterocycles. The van der Waals surface area contributed by atoms with Gasteiger partial charge in [-0.2, -0.15) is 0 Å². The van der Waals surface area contributed by atoms with Gasteiger partial charge in [-0.3, -0.25) is 19.2 Å². The number of hydrogen-bond acceptors (Lipinski definition) is 12. The summed E-state index contributed by atoms with van der Waals surface area (Å²) in [7, 11) is -3.60. The van der Waals surface area contributed by atoms with Gasteiger partial charge in [0.05, 0.1) is 38.0 Å². The summed E-state index contributed by atoms with van der Waals surface area (Å²) in [6.45, 7) is 4.99. The third-order valence-corrected chi connectivity index (χ3v) is 7.51. The van der Waals surface area contributed by atoms with Crippen molar-refractivity contribution in [1.82, 2.24) is 25.9 Å². The molecule has 0 saturated carbocycles. The number of Topliss-reactive ketones (excluding diaryl/α,β-unsaturated/α-hetero) is 1. The summed E-state index contributed by atoms with van der Waals surface area (Å²) in [6, 6.07) is 2.28. The lowest BCUT2D eigenvalue weighted by Crippen LogP contribution is -2.54. The molecule has 2 atom stereocenters. The number of carbonyl (C=O) groups is 5. The summed E-state index contributed by atoms with van der Waals surface area (Å²) in [5, 5.41) is 10.5. The highest BCUT2D eigenvalue weighted by Gasteiger charge is 2.27. The van der Waals surface area contributed by atoms with Gasteiger partial charge in [-0.05, 0) is 43.9 Å². The molecule has 0 aliphatic heterocycles. The van der Waals surface area contributed by atoms with E-state index in [1.165, 1.54) is 13.0 Å². The molecule has 2 rings (SSSR count). The zero-order chi connectivity index (χ0) is 35.0. The molecule has 6 N–H and O–H groups in total. The van der Waals surface area contributed by atoms with Crippen LogP contribution < -0.4 is 27.0 Å². The number of fused-ring (bicyclic) bond motifs is 1. The highest BCUT2D eigenvalue weighted by molar-refractivity contribution is 7.90. The molecule has 0 bridgehead atoms. The Balaban J connectivity index is 1.64. The number of nitrogens with one attached hydrogen (secondary N) is 4. The molecule has 5 amide bonds. The first-order valence-electron chi connectivity index (χ1n) is 14.8. The maximum atomic E-state index is 12.8. The van der Waals surface area contributed by atoms with E-state index in [9.17, 15) is 32.4 Å². The second kappa shape index (κ2) is 19.4. The molecule has 1 aromatic carbocycles. The van der Waals surface area contributed by atoms with E-state index in [2.05, 4.69) is 31.2 Å². The summed E-state index contributed by atoms with van der Waals surface area (Å²) in [5.74, 6) is -2.03. The zero-order valence-electron chi connectivity index (χ0n) is 26.9. The van der Waals surface area contributed by atoms with E-state index >= 15 is 0 Å². The van der Waals surface area contributed by atoms with Crippen molar-refractivity contribution in [1.29, 1.82) is 0 Å². The predicted molar refractivity (Wildman–Crippen MR) is 170 cm³/mol. The van der Waals surface area contributed by atoms with Crippen molar-refractivity contribution in [3.8, 4) is 0 Å². The second-order valence-electron chi connectivity index (χ2n) is 10.8. The molecule has 0 aliphatic carbocycles. The third-order valence-electron chi connectivity index (χ3n) is 6.49. The van der Waals surface area contributed by atoms with Gasteiger partial charge in [-0.25, -0.2) is 23.2 Å². The van der Waals surface area contributed by atoms with Crippen molar-refractivity contribution in [3.05, 3.63) is 24.5 Å². The van der Waals surface area contributed by atoms with E-state index in [0.717, 1.165) is 12.6 Å². The molecule has 0 aliphatic rings. The number of ether oxygens (including phenoxy) is 3. The number of carbonyl (C=O) groups excluding carboxylic acids is 5. The molecule has 0 spiro atoms. The Bertz CT molecular complexity index is 1500. The molecule has 0 saturated heterocycles. The molecule has 2 aromatic rings. The van der Waals surface area contributed by atoms with E-state index in [0.29, 0.717) is 24.0 Å². The van der Waals surface area contributed by atoms with Crippen molar-refractivity contribution in [2.45, 2.75) is 50.7 Å². The average Bonchev–Trinajstić information content (AvgIpc) is 2.99. The van der Waals surface area contributed by atoms with Crippen LogP contribution in [0.2, 0.25) is 0 Å². The Morgan fingerprint density at radius 1 is 0.915 bits per heavy atom. The fourth-order valence-electron chi connectivity index (χ4n) is 4.18. The maximum Gasteiger partial charge on any atom is 0.312 e. The van der Waals surface area contributed by atoms with Crippen LogP contribution in [0, 0.1) is 5.92 Å². The number of sulfone groups is 1. The average molecular weight is 682 g/mol. The van der Waals surface area contributed by atoms with Crippen LogP contribution in [0.3, 0.4) is 0 Å². The Kier molecular flexibility index (Phi) is 16.1. The number of rotatable bonds is 21. The molecule has 0 radical (unpaired) electrons. The van der Waals surface area contributed by atoms with Crippen molar-refractivity contribution < 1.29 is 46.6 Å². The lowest BCUT2D eigenvalue weighted by atomic mass is 10.0. The molecule has 18 heteroatoms. The quantitative estimate of drug-likeness (QED) is 0.0841. The van der Waals surface area contributed by atoms with E-state index in [-0.39, 0.29) is 68.3 Å². The van der Waals surface area contributed by atoms with Crippen molar-refractivity contribution >= 4 is 56.0 Å². The number of nitrogens with two attached hydrogens (primary N) is 1. The van der Waals surface area contributed by atoms with Gasteiger partial charge in [-0.15, -0.1) is 0 Å². The third kappa shape index (κ3) is 14.4. The maximum absolute atomic E-state index is 12.8. The summed E-state index contributed by atoms with van der Waals surface area (Å²) in [5.41, 5.74) is 5.80. The number of primary amides is 1. The SMILES string of the molecule is CC(=O)[C@H](CCCNC(N)=O)NC(=O)[C@@H](NC(=O)COCCOCCOCC(=O)Nc1ccc2ncnc(S(C)(=O)=O)c2c1)C(C)C. The van der Waals surface area contributed by atoms with Gasteiger partial charge in [0, 0.05) is 23.9 Å². The van der Waals surface area contributed by atoms with Crippen molar-refractivity contribution in [3.63, 3.8) is 0 Å². The molecule has 0 unspecified atom stereocenters. The van der Waals surface area contributed by atoms with E-state index < -0.39 is 45.7 Å². The number of benzene rings is 1. The zero-order valence-corrected chi connectivity index (χ0v) is 27.7. The number of nitrogens with zero attached hydrogens (tertiary/aromatic N) is 2. The fraction of sp³-hybridized carbons (Fsp3) is 0.552. The number of aromatic nitrogens is 2. The highest BCUT2D eigenvalue weighted by Crippen LogP contribution is 2.22. The van der Waals surface area contributed by atoms with Gasteiger partial charge in [0.2, 0.25) is 17.7 Å². The molecule has 0 fully saturated rings. The number of urea groups is 1. The largest absolute Gasteiger partial charge is 0.377 e. The highest BCUT2D eigenvalue weighted by atomic mass is 32.2. The lowest BCUT2D eigenvalue weighted by molar-refractivity contribution is -0.134. The van der Waals surface area contributed by atoms with Crippen LogP contribution in [0.1, 0.15) is 33.6 Å². The minimum absolute atomic E-state index is 0.0827. The first-order chi connectivity index (χ1) is 22.2. The number of amides is 5. The van der Waals surface area contributed by atoms with Crippen LogP contribution in [-0.2, 0) is 43.2 Å². The van der Waals surface area contributed by atoms with Gasteiger partial charge in [0.1, 0.15) is 25.6 Å². The number of ketones is 1. The Labute approximate surface area is 273 Å². The lowest BCUT2D eigenvalue weighted by Gasteiger charge is -2.24. The van der Waals surface area contributed by atoms with Crippen LogP contribution in [0.5, 0.6) is 0 Å². The number of anilines is 1. The Morgan fingerprint density at radius 3 is 2.15 bits per heavy atom. The van der Waals surface area contributed by atoms with Gasteiger partial charge < -0.3 is 41.2 Å². The topological polar surface area (TPSA) is 247 Å². The van der Waals surface area contributed by atoms with Gasteiger partial charge in [0.15, 0.2) is 20.6 Å². The fourth-order valence-corrected chi connectivity index (χ4v) is 4.98. The van der Waals surface area contributed by atoms with Crippen LogP contribution in [0.25, 0.3) is 10.9 Å². The molecule has 1 aromatic heterocycles.